The molecule has 0 heterocycles. The molecule has 7 heteroatoms. The summed E-state index contributed by atoms with van der Waals surface area (Å²) >= 11 is 5.88. The van der Waals surface area contributed by atoms with Gasteiger partial charge in [0.2, 0.25) is 0 Å². The molecule has 0 radical (unpaired) electrons. The summed E-state index contributed by atoms with van der Waals surface area (Å²) < 4.78 is 0. The fraction of sp³-hybridized carbons (Fsp3) is 0.308. The summed E-state index contributed by atoms with van der Waals surface area (Å²) in [5.41, 5.74) is 1.05. The lowest BCUT2D eigenvalue weighted by Gasteiger charge is -2.08. The maximum atomic E-state index is 11.7. The highest BCUT2D eigenvalue weighted by atomic mass is 35.5. The summed E-state index contributed by atoms with van der Waals surface area (Å²) in [6.45, 7) is 5.90. The maximum absolute atomic E-state index is 11.7. The first-order valence-corrected chi connectivity index (χ1v) is 6.37. The second-order valence-corrected chi connectivity index (χ2v) is 4.97. The van der Waals surface area contributed by atoms with E-state index in [4.69, 9.17) is 11.6 Å². The molecule has 0 aliphatic heterocycles. The minimum Gasteiger partial charge on any atom is -0.314 e. The number of nitro groups is 1. The molecule has 1 aromatic carbocycles. The number of nitrogens with zero attached hydrogens (tertiary/aromatic N) is 1. The van der Waals surface area contributed by atoms with Gasteiger partial charge in [0.15, 0.2) is 0 Å². The highest BCUT2D eigenvalue weighted by Crippen LogP contribution is 2.26. The highest BCUT2D eigenvalue weighted by Gasteiger charge is 2.11. The first-order chi connectivity index (χ1) is 9.31. The SMILES string of the molecule is C/C(=C\NC(=O)Nc1cc([N+](=O)[O-])ccc1Cl)C(C)C. The molecule has 0 spiro atoms. The Hall–Kier alpha value is -2.08. The van der Waals surface area contributed by atoms with Crippen LogP contribution in [-0.4, -0.2) is 11.0 Å². The fourth-order valence-corrected chi connectivity index (χ4v) is 1.39. The standard InChI is InChI=1S/C13H16ClN3O3/c1-8(2)9(3)7-15-13(18)16-12-6-10(17(19)20)4-5-11(12)14/h4-8H,1-3H3,(H2,15,16,18)/b9-7+. The number of carbonyl (C=O) groups is 1. The maximum Gasteiger partial charge on any atom is 0.323 e. The number of allylic oxidation sites excluding steroid dienone is 1. The van der Waals surface area contributed by atoms with Crippen LogP contribution in [0.4, 0.5) is 16.2 Å². The van der Waals surface area contributed by atoms with E-state index < -0.39 is 11.0 Å². The Morgan fingerprint density at radius 2 is 2.10 bits per heavy atom. The average molecular weight is 298 g/mol. The Morgan fingerprint density at radius 1 is 1.45 bits per heavy atom. The molecule has 108 valence electrons. The van der Waals surface area contributed by atoms with Gasteiger partial charge in [-0.15, -0.1) is 0 Å². The zero-order valence-electron chi connectivity index (χ0n) is 11.4. The van der Waals surface area contributed by atoms with E-state index in [0.29, 0.717) is 5.92 Å². The predicted octanol–water partition coefficient (Wildman–Crippen LogP) is 3.93. The Labute approximate surface area is 122 Å². The van der Waals surface area contributed by atoms with Crippen LogP contribution in [0, 0.1) is 16.0 Å². The highest BCUT2D eigenvalue weighted by molar-refractivity contribution is 6.33. The van der Waals surface area contributed by atoms with Gasteiger partial charge >= 0.3 is 6.03 Å². The van der Waals surface area contributed by atoms with E-state index in [1.165, 1.54) is 18.2 Å². The zero-order valence-corrected chi connectivity index (χ0v) is 12.2. The quantitative estimate of drug-likeness (QED) is 0.652. The van der Waals surface area contributed by atoms with Gasteiger partial charge < -0.3 is 10.6 Å². The van der Waals surface area contributed by atoms with Crippen LogP contribution in [-0.2, 0) is 0 Å². The van der Waals surface area contributed by atoms with Crippen molar-refractivity contribution in [2.75, 3.05) is 5.32 Å². The molecule has 0 aliphatic rings. The summed E-state index contributed by atoms with van der Waals surface area (Å²) in [5.74, 6) is 0.316. The lowest BCUT2D eigenvalue weighted by molar-refractivity contribution is -0.384. The lowest BCUT2D eigenvalue weighted by Crippen LogP contribution is -2.24. The van der Waals surface area contributed by atoms with E-state index in [9.17, 15) is 14.9 Å². The van der Waals surface area contributed by atoms with Crippen molar-refractivity contribution < 1.29 is 9.72 Å². The van der Waals surface area contributed by atoms with E-state index in [1.807, 2.05) is 20.8 Å². The monoisotopic (exact) mass is 297 g/mol. The van der Waals surface area contributed by atoms with Crippen molar-refractivity contribution in [2.24, 2.45) is 5.92 Å². The summed E-state index contributed by atoms with van der Waals surface area (Å²) in [5, 5.41) is 15.9. The van der Waals surface area contributed by atoms with E-state index in [1.54, 1.807) is 6.20 Å². The summed E-state index contributed by atoms with van der Waals surface area (Å²) in [7, 11) is 0. The molecule has 2 N–H and O–H groups in total. The van der Waals surface area contributed by atoms with Crippen LogP contribution in [0.25, 0.3) is 0 Å². The van der Waals surface area contributed by atoms with Crippen molar-refractivity contribution in [2.45, 2.75) is 20.8 Å². The largest absolute Gasteiger partial charge is 0.323 e. The number of anilines is 1. The minimum atomic E-state index is -0.553. The molecule has 0 aromatic heterocycles. The Kier molecular flexibility index (Phi) is 5.52. The molecule has 20 heavy (non-hydrogen) atoms. The van der Waals surface area contributed by atoms with Crippen molar-refractivity contribution >= 4 is 29.0 Å². The average Bonchev–Trinajstić information content (AvgIpc) is 2.38. The lowest BCUT2D eigenvalue weighted by atomic mass is 10.1. The Morgan fingerprint density at radius 3 is 2.65 bits per heavy atom. The topological polar surface area (TPSA) is 84.3 Å². The van der Waals surface area contributed by atoms with E-state index in [0.717, 1.165) is 5.57 Å². The number of benzene rings is 1. The van der Waals surface area contributed by atoms with Crippen LogP contribution in [0.5, 0.6) is 0 Å². The number of amides is 2. The van der Waals surface area contributed by atoms with Gasteiger partial charge in [0.05, 0.1) is 15.6 Å². The number of hydrogen-bond acceptors (Lipinski definition) is 3. The van der Waals surface area contributed by atoms with Crippen LogP contribution >= 0.6 is 11.6 Å². The number of nitro benzene ring substituents is 1. The summed E-state index contributed by atoms with van der Waals surface area (Å²) in [4.78, 5) is 21.8. The predicted molar refractivity (Wildman–Crippen MR) is 78.9 cm³/mol. The fourth-order valence-electron chi connectivity index (χ4n) is 1.23. The molecular formula is C13H16ClN3O3. The van der Waals surface area contributed by atoms with Gasteiger partial charge in [0, 0.05) is 18.3 Å². The smallest absolute Gasteiger partial charge is 0.314 e. The molecule has 0 bridgehead atoms. The van der Waals surface area contributed by atoms with Crippen molar-refractivity contribution in [1.82, 2.24) is 5.32 Å². The summed E-state index contributed by atoms with van der Waals surface area (Å²) in [6.07, 6.45) is 1.59. The van der Waals surface area contributed by atoms with Crippen molar-refractivity contribution in [1.29, 1.82) is 0 Å². The van der Waals surface area contributed by atoms with Gasteiger partial charge in [-0.2, -0.15) is 0 Å². The van der Waals surface area contributed by atoms with Crippen LogP contribution in [0.1, 0.15) is 20.8 Å². The first kappa shape index (κ1) is 16.0. The van der Waals surface area contributed by atoms with Crippen LogP contribution in [0.2, 0.25) is 5.02 Å². The first-order valence-electron chi connectivity index (χ1n) is 5.99. The van der Waals surface area contributed by atoms with Gasteiger partial charge in [-0.1, -0.05) is 31.0 Å². The Balaban J connectivity index is 2.78. The summed E-state index contributed by atoms with van der Waals surface area (Å²) in [6, 6.07) is 3.34. The van der Waals surface area contributed by atoms with Gasteiger partial charge in [0.1, 0.15) is 0 Å². The van der Waals surface area contributed by atoms with Crippen LogP contribution < -0.4 is 10.6 Å². The number of hydrogen-bond donors (Lipinski definition) is 2. The van der Waals surface area contributed by atoms with Crippen molar-refractivity contribution in [3.63, 3.8) is 0 Å². The number of halogens is 1. The van der Waals surface area contributed by atoms with Gasteiger partial charge in [-0.25, -0.2) is 4.79 Å². The number of nitrogens with one attached hydrogen (secondary N) is 2. The number of non-ortho nitro benzene ring substituents is 1. The van der Waals surface area contributed by atoms with E-state index in [-0.39, 0.29) is 16.4 Å². The molecule has 0 aliphatic carbocycles. The van der Waals surface area contributed by atoms with Crippen LogP contribution in [0.15, 0.2) is 30.0 Å². The number of urea groups is 1. The molecule has 0 fully saturated rings. The molecule has 6 nitrogen and oxygen atoms in total. The molecular weight excluding hydrogens is 282 g/mol. The number of rotatable bonds is 4. The zero-order chi connectivity index (χ0) is 15.3. The molecule has 0 saturated heterocycles. The third-order valence-electron chi connectivity index (χ3n) is 2.75. The third-order valence-corrected chi connectivity index (χ3v) is 3.08. The molecule has 2 amide bonds. The van der Waals surface area contributed by atoms with Gasteiger partial charge in [-0.05, 0) is 18.9 Å². The van der Waals surface area contributed by atoms with Gasteiger partial charge in [-0.3, -0.25) is 10.1 Å². The number of carbonyl (C=O) groups excluding carboxylic acids is 1. The third kappa shape index (κ3) is 4.55. The van der Waals surface area contributed by atoms with Crippen molar-refractivity contribution in [3.05, 3.63) is 45.1 Å². The van der Waals surface area contributed by atoms with Crippen molar-refractivity contribution in [3.8, 4) is 0 Å². The van der Waals surface area contributed by atoms with E-state index >= 15 is 0 Å². The minimum absolute atomic E-state index is 0.140. The van der Waals surface area contributed by atoms with E-state index in [2.05, 4.69) is 10.6 Å². The Bertz CT molecular complexity index is 556. The molecule has 1 aromatic rings. The second-order valence-electron chi connectivity index (χ2n) is 4.56. The molecule has 0 atom stereocenters. The van der Waals surface area contributed by atoms with Crippen LogP contribution in [0.3, 0.4) is 0 Å². The molecule has 0 saturated carbocycles. The normalized spacial score (nSPS) is 11.3. The molecule has 0 unspecified atom stereocenters. The molecule has 1 rings (SSSR count). The van der Waals surface area contributed by atoms with Gasteiger partial charge in [0.25, 0.3) is 5.69 Å². The second kappa shape index (κ2) is 6.91.